The van der Waals surface area contributed by atoms with Crippen molar-refractivity contribution in [1.29, 1.82) is 5.26 Å². The lowest BCUT2D eigenvalue weighted by Gasteiger charge is -2.07. The molecule has 19 heavy (non-hydrogen) atoms. The van der Waals surface area contributed by atoms with Crippen molar-refractivity contribution in [3.05, 3.63) is 36.0 Å². The maximum atomic E-state index is 11.8. The van der Waals surface area contributed by atoms with Crippen LogP contribution in [0.25, 0.3) is 10.9 Å². The summed E-state index contributed by atoms with van der Waals surface area (Å²) in [4.78, 5) is 11.8. The number of carbonyl (C=O) groups excluding carboxylic acids is 1. The molecule has 1 aromatic heterocycles. The van der Waals surface area contributed by atoms with Crippen molar-refractivity contribution in [2.24, 2.45) is 13.0 Å². The molecule has 1 unspecified atom stereocenters. The summed E-state index contributed by atoms with van der Waals surface area (Å²) in [5, 5.41) is 12.8. The fraction of sp³-hybridized carbons (Fsp3) is 0.333. The van der Waals surface area contributed by atoms with Crippen LogP contribution in [0.3, 0.4) is 0 Å². The van der Waals surface area contributed by atoms with Crippen LogP contribution in [0.5, 0.6) is 0 Å². The largest absolute Gasteiger partial charge is 0.351 e. The molecule has 0 saturated heterocycles. The highest BCUT2D eigenvalue weighted by Crippen LogP contribution is 2.20. The highest BCUT2D eigenvalue weighted by atomic mass is 16.1. The van der Waals surface area contributed by atoms with Gasteiger partial charge in [0.25, 0.3) is 0 Å². The molecule has 0 fully saturated rings. The predicted molar refractivity (Wildman–Crippen MR) is 74.2 cm³/mol. The van der Waals surface area contributed by atoms with Crippen molar-refractivity contribution in [2.45, 2.75) is 19.9 Å². The van der Waals surface area contributed by atoms with Gasteiger partial charge in [-0.25, -0.2) is 0 Å². The van der Waals surface area contributed by atoms with Crippen LogP contribution in [-0.2, 0) is 18.4 Å². The Hall–Kier alpha value is -2.28. The number of amides is 1. The number of nitrogens with zero attached hydrogens (tertiary/aromatic N) is 2. The van der Waals surface area contributed by atoms with Crippen LogP contribution < -0.4 is 5.32 Å². The standard InChI is InChI=1S/C15H17N3O/c1-3-11(8-16)15(19)17-9-12-10-18(2)14-7-5-4-6-13(12)14/h4-7,10-11H,3,9H2,1-2H3,(H,17,19). The zero-order valence-electron chi connectivity index (χ0n) is 11.2. The van der Waals surface area contributed by atoms with E-state index in [2.05, 4.69) is 5.32 Å². The number of aromatic nitrogens is 1. The summed E-state index contributed by atoms with van der Waals surface area (Å²) in [6.07, 6.45) is 2.55. The zero-order valence-corrected chi connectivity index (χ0v) is 11.2. The van der Waals surface area contributed by atoms with Crippen LogP contribution in [0.2, 0.25) is 0 Å². The van der Waals surface area contributed by atoms with E-state index in [1.54, 1.807) is 0 Å². The van der Waals surface area contributed by atoms with E-state index < -0.39 is 5.92 Å². The van der Waals surface area contributed by atoms with E-state index in [4.69, 9.17) is 5.26 Å². The Labute approximate surface area is 112 Å². The molecule has 0 spiro atoms. The molecule has 2 aromatic rings. The minimum Gasteiger partial charge on any atom is -0.351 e. The molecule has 1 amide bonds. The Morgan fingerprint density at radius 3 is 2.89 bits per heavy atom. The van der Waals surface area contributed by atoms with E-state index in [9.17, 15) is 4.79 Å². The van der Waals surface area contributed by atoms with Gasteiger partial charge in [-0.1, -0.05) is 25.1 Å². The van der Waals surface area contributed by atoms with Gasteiger partial charge in [-0.15, -0.1) is 0 Å². The second-order valence-corrected chi connectivity index (χ2v) is 4.59. The third-order valence-electron chi connectivity index (χ3n) is 3.31. The molecule has 0 bridgehead atoms. The first-order valence-electron chi connectivity index (χ1n) is 6.37. The smallest absolute Gasteiger partial charge is 0.237 e. The highest BCUT2D eigenvalue weighted by molar-refractivity contribution is 5.85. The number of hydrogen-bond donors (Lipinski definition) is 1. The minimum absolute atomic E-state index is 0.196. The first kappa shape index (κ1) is 13.2. The van der Waals surface area contributed by atoms with E-state index in [0.717, 1.165) is 16.5 Å². The Bertz CT molecular complexity index is 636. The molecular weight excluding hydrogens is 238 g/mol. The normalized spacial score (nSPS) is 12.1. The summed E-state index contributed by atoms with van der Waals surface area (Å²) in [5.41, 5.74) is 2.21. The average Bonchev–Trinajstić information content (AvgIpc) is 2.75. The van der Waals surface area contributed by atoms with E-state index in [1.807, 2.05) is 55.1 Å². The summed E-state index contributed by atoms with van der Waals surface area (Å²) in [7, 11) is 1.98. The Kier molecular flexibility index (Phi) is 3.86. The molecule has 98 valence electrons. The molecule has 0 saturated carbocycles. The molecule has 0 aliphatic carbocycles. The van der Waals surface area contributed by atoms with Gasteiger partial charge in [0.15, 0.2) is 0 Å². The number of carbonyl (C=O) groups is 1. The lowest BCUT2D eigenvalue weighted by Crippen LogP contribution is -2.29. The van der Waals surface area contributed by atoms with Crippen molar-refractivity contribution in [3.8, 4) is 6.07 Å². The van der Waals surface area contributed by atoms with E-state index in [0.29, 0.717) is 13.0 Å². The average molecular weight is 255 g/mol. The van der Waals surface area contributed by atoms with E-state index in [1.165, 1.54) is 0 Å². The summed E-state index contributed by atoms with van der Waals surface area (Å²) in [5.74, 6) is -0.757. The second kappa shape index (κ2) is 5.57. The molecule has 2 rings (SSSR count). The number of nitriles is 1. The molecule has 1 atom stereocenters. The van der Waals surface area contributed by atoms with Crippen molar-refractivity contribution >= 4 is 16.8 Å². The fourth-order valence-corrected chi connectivity index (χ4v) is 2.21. The third kappa shape index (κ3) is 2.60. The zero-order chi connectivity index (χ0) is 13.8. The lowest BCUT2D eigenvalue weighted by molar-refractivity contribution is -0.123. The number of rotatable bonds is 4. The van der Waals surface area contributed by atoms with Gasteiger partial charge in [0.1, 0.15) is 5.92 Å². The van der Waals surface area contributed by atoms with Gasteiger partial charge in [-0.2, -0.15) is 5.26 Å². The predicted octanol–water partition coefficient (Wildman–Crippen LogP) is 2.34. The van der Waals surface area contributed by atoms with Crippen LogP contribution in [0.15, 0.2) is 30.5 Å². The number of benzene rings is 1. The molecule has 4 nitrogen and oxygen atoms in total. The second-order valence-electron chi connectivity index (χ2n) is 4.59. The molecule has 1 aromatic carbocycles. The molecule has 4 heteroatoms. The number of aryl methyl sites for hydroxylation is 1. The van der Waals surface area contributed by atoms with Crippen molar-refractivity contribution in [1.82, 2.24) is 9.88 Å². The van der Waals surface area contributed by atoms with Crippen LogP contribution in [0.1, 0.15) is 18.9 Å². The Morgan fingerprint density at radius 1 is 1.47 bits per heavy atom. The fourth-order valence-electron chi connectivity index (χ4n) is 2.21. The highest BCUT2D eigenvalue weighted by Gasteiger charge is 2.15. The number of nitrogens with one attached hydrogen (secondary N) is 1. The Balaban J connectivity index is 2.15. The summed E-state index contributed by atoms with van der Waals surface area (Å²) in [6.45, 7) is 2.30. The molecule has 0 radical (unpaired) electrons. The third-order valence-corrected chi connectivity index (χ3v) is 3.31. The minimum atomic E-state index is -0.560. The first-order valence-corrected chi connectivity index (χ1v) is 6.37. The molecule has 1 N–H and O–H groups in total. The van der Waals surface area contributed by atoms with Crippen LogP contribution in [-0.4, -0.2) is 10.5 Å². The van der Waals surface area contributed by atoms with Gasteiger partial charge in [0.05, 0.1) is 6.07 Å². The maximum Gasteiger partial charge on any atom is 0.237 e. The number of hydrogen-bond acceptors (Lipinski definition) is 2. The van der Waals surface area contributed by atoms with Crippen LogP contribution in [0.4, 0.5) is 0 Å². The quantitative estimate of drug-likeness (QED) is 0.911. The number of para-hydroxylation sites is 1. The van der Waals surface area contributed by atoms with Crippen LogP contribution in [0, 0.1) is 17.2 Å². The summed E-state index contributed by atoms with van der Waals surface area (Å²) >= 11 is 0. The van der Waals surface area contributed by atoms with Gasteiger partial charge in [0, 0.05) is 30.7 Å². The number of fused-ring (bicyclic) bond motifs is 1. The summed E-state index contributed by atoms with van der Waals surface area (Å²) < 4.78 is 2.04. The molecule has 0 aliphatic heterocycles. The van der Waals surface area contributed by atoms with Gasteiger partial charge in [-0.05, 0) is 18.1 Å². The van der Waals surface area contributed by atoms with Crippen LogP contribution >= 0.6 is 0 Å². The van der Waals surface area contributed by atoms with Gasteiger partial charge in [-0.3, -0.25) is 4.79 Å². The molecule has 1 heterocycles. The van der Waals surface area contributed by atoms with E-state index >= 15 is 0 Å². The SMILES string of the molecule is CCC(C#N)C(=O)NCc1cn(C)c2ccccc12. The maximum absolute atomic E-state index is 11.8. The summed E-state index contributed by atoms with van der Waals surface area (Å²) in [6, 6.07) is 10.1. The van der Waals surface area contributed by atoms with Gasteiger partial charge < -0.3 is 9.88 Å². The van der Waals surface area contributed by atoms with Crippen molar-refractivity contribution in [2.75, 3.05) is 0 Å². The van der Waals surface area contributed by atoms with Gasteiger partial charge in [0.2, 0.25) is 5.91 Å². The Morgan fingerprint density at radius 2 is 2.21 bits per heavy atom. The van der Waals surface area contributed by atoms with Crippen molar-refractivity contribution < 1.29 is 4.79 Å². The molecule has 0 aliphatic rings. The lowest BCUT2D eigenvalue weighted by atomic mass is 10.1. The van der Waals surface area contributed by atoms with Crippen molar-refractivity contribution in [3.63, 3.8) is 0 Å². The van der Waals surface area contributed by atoms with Gasteiger partial charge >= 0.3 is 0 Å². The molecular formula is C15H17N3O. The monoisotopic (exact) mass is 255 g/mol. The van der Waals surface area contributed by atoms with E-state index in [-0.39, 0.29) is 5.91 Å². The first-order chi connectivity index (χ1) is 9.17. The topological polar surface area (TPSA) is 57.8 Å².